The number of carbonyl (C=O) groups is 2. The molecule has 1 aliphatic rings. The number of likely N-dealkylation sites (tertiary alicyclic amines) is 1. The van der Waals surface area contributed by atoms with Gasteiger partial charge >= 0.3 is 0 Å². The molecule has 2 unspecified atom stereocenters. The quantitative estimate of drug-likeness (QED) is 0.673. The van der Waals surface area contributed by atoms with Crippen molar-refractivity contribution in [3.8, 4) is 0 Å². The number of rotatable bonds is 6. The largest absolute Gasteiger partial charge is 0.338 e. The van der Waals surface area contributed by atoms with E-state index in [0.29, 0.717) is 22.6 Å². The number of hydrogen-bond acceptors (Lipinski definition) is 3. The molecule has 0 saturated carbocycles. The molecule has 4 nitrogen and oxygen atoms in total. The van der Waals surface area contributed by atoms with Gasteiger partial charge in [-0.3, -0.25) is 9.59 Å². The van der Waals surface area contributed by atoms with E-state index < -0.39 is 0 Å². The second-order valence-electron chi connectivity index (χ2n) is 7.90. The van der Waals surface area contributed by atoms with Crippen molar-refractivity contribution in [1.29, 1.82) is 0 Å². The number of carbonyl (C=O) groups excluding carboxylic acids is 2. The Labute approximate surface area is 182 Å². The van der Waals surface area contributed by atoms with Crippen molar-refractivity contribution in [2.45, 2.75) is 26.0 Å². The van der Waals surface area contributed by atoms with Crippen LogP contribution in [-0.4, -0.2) is 35.6 Å². The Hall–Kier alpha value is -1.98. The highest BCUT2D eigenvalue weighted by Gasteiger charge is 2.25. The van der Waals surface area contributed by atoms with Gasteiger partial charge in [0.05, 0.1) is 5.75 Å². The topological polar surface area (TPSA) is 49.4 Å². The van der Waals surface area contributed by atoms with E-state index in [1.54, 1.807) is 36.0 Å². The van der Waals surface area contributed by atoms with E-state index >= 15 is 0 Å². The maximum Gasteiger partial charge on any atom is 0.253 e. The Balaban J connectivity index is 1.46. The molecule has 0 radical (unpaired) electrons. The summed E-state index contributed by atoms with van der Waals surface area (Å²) in [6, 6.07) is 14.8. The van der Waals surface area contributed by atoms with E-state index in [0.717, 1.165) is 35.7 Å². The van der Waals surface area contributed by atoms with Crippen LogP contribution in [0.5, 0.6) is 0 Å². The van der Waals surface area contributed by atoms with Crippen LogP contribution in [0.1, 0.15) is 36.2 Å². The minimum absolute atomic E-state index is 0.0440. The van der Waals surface area contributed by atoms with Crippen LogP contribution >= 0.6 is 23.4 Å². The first-order valence-corrected chi connectivity index (χ1v) is 11.5. The van der Waals surface area contributed by atoms with Gasteiger partial charge in [0, 0.05) is 35.1 Å². The van der Waals surface area contributed by atoms with Gasteiger partial charge in [-0.1, -0.05) is 37.6 Å². The monoisotopic (exact) mass is 430 g/mol. The van der Waals surface area contributed by atoms with Crippen molar-refractivity contribution in [2.75, 3.05) is 24.2 Å². The van der Waals surface area contributed by atoms with Gasteiger partial charge in [-0.2, -0.15) is 0 Å². The third-order valence-electron chi connectivity index (χ3n) is 4.99. The molecule has 0 spiro atoms. The van der Waals surface area contributed by atoms with Crippen LogP contribution in [0.4, 0.5) is 5.69 Å². The number of thioether (sulfide) groups is 1. The zero-order valence-corrected chi connectivity index (χ0v) is 18.4. The van der Waals surface area contributed by atoms with Crippen LogP contribution in [0.15, 0.2) is 48.5 Å². The molecule has 2 aromatic carbocycles. The van der Waals surface area contributed by atoms with Crippen LogP contribution in [0, 0.1) is 11.8 Å². The van der Waals surface area contributed by atoms with Gasteiger partial charge in [-0.25, -0.2) is 0 Å². The zero-order valence-electron chi connectivity index (χ0n) is 16.9. The van der Waals surface area contributed by atoms with E-state index in [1.807, 2.05) is 29.2 Å². The molecule has 1 fully saturated rings. The lowest BCUT2D eigenvalue weighted by Crippen LogP contribution is -2.42. The van der Waals surface area contributed by atoms with Crippen molar-refractivity contribution in [1.82, 2.24) is 4.90 Å². The Morgan fingerprint density at radius 3 is 2.28 bits per heavy atom. The van der Waals surface area contributed by atoms with Crippen molar-refractivity contribution in [2.24, 2.45) is 11.8 Å². The van der Waals surface area contributed by atoms with Crippen LogP contribution in [-0.2, 0) is 10.5 Å². The first kappa shape index (κ1) is 21.7. The highest BCUT2D eigenvalue weighted by atomic mass is 35.5. The Morgan fingerprint density at radius 1 is 1.03 bits per heavy atom. The molecule has 2 atom stereocenters. The van der Waals surface area contributed by atoms with E-state index in [4.69, 9.17) is 11.6 Å². The van der Waals surface area contributed by atoms with Gasteiger partial charge in [-0.15, -0.1) is 11.8 Å². The standard InChI is InChI=1S/C23H27ClN2O2S/c1-16-11-17(2)13-26(12-16)23(28)19-5-3-18(4-6-19)14-29-15-22(27)25-21-9-7-20(24)8-10-21/h3-10,16-17H,11-15H2,1-2H3,(H,25,27). The Bertz CT molecular complexity index is 829. The molecule has 0 bridgehead atoms. The lowest BCUT2D eigenvalue weighted by Gasteiger charge is -2.35. The van der Waals surface area contributed by atoms with Gasteiger partial charge in [-0.05, 0) is 60.2 Å². The molecule has 1 saturated heterocycles. The molecule has 2 aromatic rings. The third kappa shape index (κ3) is 6.51. The second kappa shape index (κ2) is 10.2. The number of piperidine rings is 1. The highest BCUT2D eigenvalue weighted by molar-refractivity contribution is 7.99. The predicted molar refractivity (Wildman–Crippen MR) is 122 cm³/mol. The van der Waals surface area contributed by atoms with Crippen LogP contribution in [0.2, 0.25) is 5.02 Å². The summed E-state index contributed by atoms with van der Waals surface area (Å²) in [4.78, 5) is 26.8. The van der Waals surface area contributed by atoms with Crippen molar-refractivity contribution in [3.63, 3.8) is 0 Å². The van der Waals surface area contributed by atoms with Gasteiger partial charge in [0.2, 0.25) is 5.91 Å². The molecule has 0 aliphatic carbocycles. The van der Waals surface area contributed by atoms with Crippen molar-refractivity contribution in [3.05, 3.63) is 64.7 Å². The summed E-state index contributed by atoms with van der Waals surface area (Å²) in [6.07, 6.45) is 1.19. The lowest BCUT2D eigenvalue weighted by atomic mass is 9.91. The number of nitrogens with zero attached hydrogens (tertiary/aromatic N) is 1. The van der Waals surface area contributed by atoms with Gasteiger partial charge in [0.1, 0.15) is 0 Å². The number of amides is 2. The van der Waals surface area contributed by atoms with E-state index in [9.17, 15) is 9.59 Å². The highest BCUT2D eigenvalue weighted by Crippen LogP contribution is 2.23. The second-order valence-corrected chi connectivity index (χ2v) is 9.32. The van der Waals surface area contributed by atoms with Crippen LogP contribution in [0.25, 0.3) is 0 Å². The van der Waals surface area contributed by atoms with Gasteiger partial charge in [0.15, 0.2) is 0 Å². The molecule has 154 valence electrons. The minimum atomic E-state index is -0.0440. The van der Waals surface area contributed by atoms with E-state index in [1.165, 1.54) is 6.42 Å². The molecule has 6 heteroatoms. The number of benzene rings is 2. The van der Waals surface area contributed by atoms with Crippen LogP contribution in [0.3, 0.4) is 0 Å². The third-order valence-corrected chi connectivity index (χ3v) is 6.24. The fraction of sp³-hybridized carbons (Fsp3) is 0.391. The minimum Gasteiger partial charge on any atom is -0.338 e. The lowest BCUT2D eigenvalue weighted by molar-refractivity contribution is -0.113. The fourth-order valence-electron chi connectivity index (χ4n) is 3.75. The van der Waals surface area contributed by atoms with E-state index in [-0.39, 0.29) is 11.8 Å². The number of anilines is 1. The van der Waals surface area contributed by atoms with Gasteiger partial charge < -0.3 is 10.2 Å². The van der Waals surface area contributed by atoms with Crippen molar-refractivity contribution < 1.29 is 9.59 Å². The maximum absolute atomic E-state index is 12.8. The summed E-state index contributed by atoms with van der Waals surface area (Å²) in [7, 11) is 0. The summed E-state index contributed by atoms with van der Waals surface area (Å²) >= 11 is 7.39. The molecule has 29 heavy (non-hydrogen) atoms. The molecular formula is C23H27ClN2O2S. The first-order valence-electron chi connectivity index (χ1n) is 9.92. The number of nitrogens with one attached hydrogen (secondary N) is 1. The average Bonchev–Trinajstić information content (AvgIpc) is 2.69. The summed E-state index contributed by atoms with van der Waals surface area (Å²) in [5, 5.41) is 3.50. The first-order chi connectivity index (χ1) is 13.9. The molecule has 1 heterocycles. The molecule has 1 N–H and O–H groups in total. The molecule has 3 rings (SSSR count). The Morgan fingerprint density at radius 2 is 1.66 bits per heavy atom. The summed E-state index contributed by atoms with van der Waals surface area (Å²) < 4.78 is 0. The van der Waals surface area contributed by atoms with Gasteiger partial charge in [0.25, 0.3) is 5.91 Å². The summed E-state index contributed by atoms with van der Waals surface area (Å²) in [5.74, 6) is 2.27. The normalized spacial score (nSPS) is 19.1. The summed E-state index contributed by atoms with van der Waals surface area (Å²) in [5.41, 5.74) is 2.58. The van der Waals surface area contributed by atoms with E-state index in [2.05, 4.69) is 19.2 Å². The SMILES string of the molecule is CC1CC(C)CN(C(=O)c2ccc(CSCC(=O)Nc3ccc(Cl)cc3)cc2)C1. The predicted octanol–water partition coefficient (Wildman–Crippen LogP) is 5.33. The Kier molecular flexibility index (Phi) is 7.62. The number of hydrogen-bond donors (Lipinski definition) is 1. The maximum atomic E-state index is 12.8. The molecular weight excluding hydrogens is 404 g/mol. The zero-order chi connectivity index (χ0) is 20.8. The molecule has 1 aliphatic heterocycles. The van der Waals surface area contributed by atoms with Crippen LogP contribution < -0.4 is 5.32 Å². The fourth-order valence-corrected chi connectivity index (χ4v) is 4.66. The summed E-state index contributed by atoms with van der Waals surface area (Å²) in [6.45, 7) is 6.09. The molecule has 0 aromatic heterocycles. The molecule has 2 amide bonds. The average molecular weight is 431 g/mol. The van der Waals surface area contributed by atoms with Crippen molar-refractivity contribution >= 4 is 40.9 Å². The smallest absolute Gasteiger partial charge is 0.253 e. The number of halogens is 1.